The fraction of sp³-hybridized carbons (Fsp3) is 0.263. The van der Waals surface area contributed by atoms with E-state index in [-0.39, 0.29) is 12.0 Å². The Hall–Kier alpha value is -2.64. The van der Waals surface area contributed by atoms with E-state index in [1.807, 2.05) is 12.1 Å². The van der Waals surface area contributed by atoms with Gasteiger partial charge in [-0.15, -0.1) is 0 Å². The molecule has 4 heteroatoms. The smallest absolute Gasteiger partial charge is 0.253 e. The van der Waals surface area contributed by atoms with Crippen molar-refractivity contribution in [3.63, 3.8) is 0 Å². The summed E-state index contributed by atoms with van der Waals surface area (Å²) in [5.41, 5.74) is 3.53. The van der Waals surface area contributed by atoms with E-state index >= 15 is 0 Å². The standard InChI is InChI=1S/C19H18N2O2/c1-21(19(22)16-8-4-5-14(9-16)11-20)12-18-10-15-6-2-3-7-17(15)13-23-18/h2-9,18H,10,12-13H2,1H3/t18-/m1/s1. The van der Waals surface area contributed by atoms with Crippen LogP contribution in [0.2, 0.25) is 0 Å². The zero-order valence-corrected chi connectivity index (χ0v) is 13.0. The molecular weight excluding hydrogens is 288 g/mol. The van der Waals surface area contributed by atoms with Crippen LogP contribution in [0.25, 0.3) is 0 Å². The van der Waals surface area contributed by atoms with E-state index in [1.54, 1.807) is 36.2 Å². The van der Waals surface area contributed by atoms with Gasteiger partial charge in [0.05, 0.1) is 24.3 Å². The molecule has 0 spiro atoms. The van der Waals surface area contributed by atoms with Crippen molar-refractivity contribution in [2.24, 2.45) is 0 Å². The minimum Gasteiger partial charge on any atom is -0.371 e. The molecule has 2 aromatic rings. The highest BCUT2D eigenvalue weighted by molar-refractivity contribution is 5.94. The monoisotopic (exact) mass is 306 g/mol. The first-order chi connectivity index (χ1) is 11.2. The molecule has 1 amide bonds. The molecule has 0 aromatic heterocycles. The van der Waals surface area contributed by atoms with Crippen molar-refractivity contribution in [3.05, 3.63) is 70.8 Å². The van der Waals surface area contributed by atoms with Crippen molar-refractivity contribution in [1.29, 1.82) is 5.26 Å². The van der Waals surface area contributed by atoms with Crippen molar-refractivity contribution in [3.8, 4) is 6.07 Å². The second-order valence-corrected chi connectivity index (χ2v) is 5.78. The minimum atomic E-state index is -0.0930. The third kappa shape index (κ3) is 3.41. The van der Waals surface area contributed by atoms with Gasteiger partial charge in [0.1, 0.15) is 0 Å². The predicted molar refractivity (Wildman–Crippen MR) is 86.8 cm³/mol. The molecular formula is C19H18N2O2. The van der Waals surface area contributed by atoms with Crippen LogP contribution in [0.1, 0.15) is 27.0 Å². The van der Waals surface area contributed by atoms with E-state index < -0.39 is 0 Å². The summed E-state index contributed by atoms with van der Waals surface area (Å²) in [5.74, 6) is -0.0930. The van der Waals surface area contributed by atoms with Gasteiger partial charge in [-0.1, -0.05) is 30.3 Å². The molecule has 0 saturated carbocycles. The molecule has 0 fully saturated rings. The van der Waals surface area contributed by atoms with Gasteiger partial charge in [0.25, 0.3) is 5.91 Å². The lowest BCUT2D eigenvalue weighted by atomic mass is 9.99. The van der Waals surface area contributed by atoms with Crippen molar-refractivity contribution in [2.45, 2.75) is 19.1 Å². The number of amides is 1. The summed E-state index contributed by atoms with van der Waals surface area (Å²) in [4.78, 5) is 14.2. The molecule has 2 aromatic carbocycles. The topological polar surface area (TPSA) is 53.3 Å². The van der Waals surface area contributed by atoms with Crippen LogP contribution in [-0.2, 0) is 17.8 Å². The molecule has 0 bridgehead atoms. The fourth-order valence-electron chi connectivity index (χ4n) is 2.86. The zero-order valence-electron chi connectivity index (χ0n) is 13.0. The van der Waals surface area contributed by atoms with Crippen LogP contribution in [0.15, 0.2) is 48.5 Å². The third-order valence-electron chi connectivity index (χ3n) is 4.10. The fourth-order valence-corrected chi connectivity index (χ4v) is 2.86. The number of hydrogen-bond acceptors (Lipinski definition) is 3. The van der Waals surface area contributed by atoms with Gasteiger partial charge in [-0.25, -0.2) is 0 Å². The maximum Gasteiger partial charge on any atom is 0.253 e. The number of carbonyl (C=O) groups is 1. The average Bonchev–Trinajstić information content (AvgIpc) is 2.61. The predicted octanol–water partition coefficient (Wildman–Crippen LogP) is 2.77. The van der Waals surface area contributed by atoms with Crippen molar-refractivity contribution in [1.82, 2.24) is 4.90 Å². The van der Waals surface area contributed by atoms with Crippen molar-refractivity contribution >= 4 is 5.91 Å². The van der Waals surface area contributed by atoms with E-state index in [4.69, 9.17) is 10.00 Å². The minimum absolute atomic E-state index is 0.00185. The molecule has 0 saturated heterocycles. The van der Waals surface area contributed by atoms with E-state index in [0.717, 1.165) is 6.42 Å². The second kappa shape index (κ2) is 6.64. The summed E-state index contributed by atoms with van der Waals surface area (Å²) < 4.78 is 5.86. The summed E-state index contributed by atoms with van der Waals surface area (Å²) in [6, 6.07) is 17.1. The lowest BCUT2D eigenvalue weighted by molar-refractivity contribution is 0.00985. The van der Waals surface area contributed by atoms with E-state index in [1.165, 1.54) is 11.1 Å². The number of likely N-dealkylation sites (N-methyl/N-ethyl adjacent to an activating group) is 1. The molecule has 116 valence electrons. The molecule has 1 aliphatic heterocycles. The number of nitriles is 1. The van der Waals surface area contributed by atoms with E-state index in [9.17, 15) is 4.79 Å². The van der Waals surface area contributed by atoms with Crippen LogP contribution in [0.5, 0.6) is 0 Å². The van der Waals surface area contributed by atoms with Gasteiger partial charge < -0.3 is 9.64 Å². The highest BCUT2D eigenvalue weighted by Crippen LogP contribution is 2.21. The number of fused-ring (bicyclic) bond motifs is 1. The van der Waals surface area contributed by atoms with Crippen LogP contribution in [0, 0.1) is 11.3 Å². The summed E-state index contributed by atoms with van der Waals surface area (Å²) >= 11 is 0. The Kier molecular flexibility index (Phi) is 4.40. The van der Waals surface area contributed by atoms with Gasteiger partial charge in [-0.05, 0) is 29.3 Å². The summed E-state index contributed by atoms with van der Waals surface area (Å²) in [6.07, 6.45) is 0.810. The van der Waals surface area contributed by atoms with E-state index in [2.05, 4.69) is 18.2 Å². The molecule has 1 aliphatic rings. The Morgan fingerprint density at radius 3 is 2.83 bits per heavy atom. The molecule has 0 radical (unpaired) electrons. The summed E-state index contributed by atoms with van der Waals surface area (Å²) in [5, 5.41) is 8.94. The molecule has 0 unspecified atom stereocenters. The Balaban J connectivity index is 1.66. The number of nitrogens with zero attached hydrogens (tertiary/aromatic N) is 2. The van der Waals surface area contributed by atoms with Crippen LogP contribution < -0.4 is 0 Å². The zero-order chi connectivity index (χ0) is 16.2. The molecule has 23 heavy (non-hydrogen) atoms. The number of carbonyl (C=O) groups excluding carboxylic acids is 1. The summed E-state index contributed by atoms with van der Waals surface area (Å²) in [6.45, 7) is 1.12. The van der Waals surface area contributed by atoms with Crippen LogP contribution in [-0.4, -0.2) is 30.5 Å². The Morgan fingerprint density at radius 1 is 1.26 bits per heavy atom. The van der Waals surface area contributed by atoms with Gasteiger partial charge in [0, 0.05) is 25.6 Å². The Bertz CT molecular complexity index is 764. The molecule has 1 heterocycles. The van der Waals surface area contributed by atoms with Crippen LogP contribution in [0.4, 0.5) is 0 Å². The van der Waals surface area contributed by atoms with Gasteiger partial charge in [-0.3, -0.25) is 4.79 Å². The Labute approximate surface area is 135 Å². The second-order valence-electron chi connectivity index (χ2n) is 5.78. The first-order valence-electron chi connectivity index (χ1n) is 7.61. The number of hydrogen-bond donors (Lipinski definition) is 0. The van der Waals surface area contributed by atoms with Crippen LogP contribution >= 0.6 is 0 Å². The largest absolute Gasteiger partial charge is 0.371 e. The van der Waals surface area contributed by atoms with Gasteiger partial charge in [0.15, 0.2) is 0 Å². The highest BCUT2D eigenvalue weighted by atomic mass is 16.5. The summed E-state index contributed by atoms with van der Waals surface area (Å²) in [7, 11) is 1.77. The lowest BCUT2D eigenvalue weighted by Gasteiger charge is -2.29. The molecule has 3 rings (SSSR count). The van der Waals surface area contributed by atoms with Gasteiger partial charge >= 0.3 is 0 Å². The first-order valence-corrected chi connectivity index (χ1v) is 7.61. The lowest BCUT2D eigenvalue weighted by Crippen LogP contribution is -2.38. The number of ether oxygens (including phenoxy) is 1. The third-order valence-corrected chi connectivity index (χ3v) is 4.10. The average molecular weight is 306 g/mol. The molecule has 0 N–H and O–H groups in total. The number of rotatable bonds is 3. The SMILES string of the molecule is CN(C[C@H]1Cc2ccccc2CO1)C(=O)c1cccc(C#N)c1. The van der Waals surface area contributed by atoms with Gasteiger partial charge in [-0.2, -0.15) is 5.26 Å². The maximum atomic E-state index is 12.5. The first kappa shape index (κ1) is 15.3. The van der Waals surface area contributed by atoms with Gasteiger partial charge in [0.2, 0.25) is 0 Å². The molecule has 0 aliphatic carbocycles. The normalized spacial score (nSPS) is 16.3. The molecule has 4 nitrogen and oxygen atoms in total. The van der Waals surface area contributed by atoms with E-state index in [0.29, 0.717) is 24.3 Å². The Morgan fingerprint density at radius 2 is 2.04 bits per heavy atom. The van der Waals surface area contributed by atoms with Crippen molar-refractivity contribution < 1.29 is 9.53 Å². The number of benzene rings is 2. The maximum absolute atomic E-state index is 12.5. The highest BCUT2D eigenvalue weighted by Gasteiger charge is 2.22. The molecule has 1 atom stereocenters. The quantitative estimate of drug-likeness (QED) is 0.876. The van der Waals surface area contributed by atoms with Crippen LogP contribution in [0.3, 0.4) is 0 Å². The van der Waals surface area contributed by atoms with Crippen molar-refractivity contribution in [2.75, 3.05) is 13.6 Å².